The molecule has 1 aromatic rings. The number of aliphatic carboxylic acids is 1. The Balaban J connectivity index is 2.00. The van der Waals surface area contributed by atoms with Crippen molar-refractivity contribution in [3.8, 4) is 0 Å². The number of nitrogens with one attached hydrogen (secondary N) is 1. The summed E-state index contributed by atoms with van der Waals surface area (Å²) in [5.41, 5.74) is 1.05. The van der Waals surface area contributed by atoms with Crippen molar-refractivity contribution in [2.75, 3.05) is 13.1 Å². The largest absolute Gasteiger partial charge is 0.481 e. The number of piperidine rings is 1. The normalized spacial score (nSPS) is 22.5. The first-order valence-corrected chi connectivity index (χ1v) is 6.56. The van der Waals surface area contributed by atoms with E-state index in [0.717, 1.165) is 5.56 Å². The van der Waals surface area contributed by atoms with Crippen LogP contribution in [-0.2, 0) is 11.3 Å². The van der Waals surface area contributed by atoms with Crippen molar-refractivity contribution in [2.24, 2.45) is 5.92 Å². The minimum Gasteiger partial charge on any atom is -0.481 e. The van der Waals surface area contributed by atoms with E-state index in [4.69, 9.17) is 5.11 Å². The van der Waals surface area contributed by atoms with E-state index in [-0.39, 0.29) is 19.1 Å². The predicted octanol–water partition coefficient (Wildman–Crippen LogP) is 1.23. The summed E-state index contributed by atoms with van der Waals surface area (Å²) in [7, 11) is 0. The van der Waals surface area contributed by atoms with Gasteiger partial charge < -0.3 is 20.4 Å². The number of carboxylic acids is 1. The van der Waals surface area contributed by atoms with E-state index in [1.165, 1.54) is 4.90 Å². The molecule has 2 unspecified atom stereocenters. The maximum absolute atomic E-state index is 11.2. The predicted molar refractivity (Wildman–Crippen MR) is 72.4 cm³/mol. The van der Waals surface area contributed by atoms with Crippen LogP contribution >= 0.6 is 0 Å². The molecule has 6 heteroatoms. The fourth-order valence-corrected chi connectivity index (χ4v) is 2.47. The smallest absolute Gasteiger partial charge is 0.407 e. The van der Waals surface area contributed by atoms with Gasteiger partial charge in [-0.15, -0.1) is 0 Å². The van der Waals surface area contributed by atoms with Gasteiger partial charge in [0.1, 0.15) is 0 Å². The molecule has 0 aliphatic carbocycles. The van der Waals surface area contributed by atoms with Crippen LogP contribution in [0.5, 0.6) is 0 Å². The number of rotatable bonds is 4. The molecule has 1 heterocycles. The number of carbonyl (C=O) groups is 2. The minimum absolute atomic E-state index is 0.207. The first-order valence-electron chi connectivity index (χ1n) is 6.56. The molecule has 1 aliphatic heterocycles. The monoisotopic (exact) mass is 278 g/mol. The Morgan fingerprint density at radius 1 is 1.25 bits per heavy atom. The fraction of sp³-hybridized carbons (Fsp3) is 0.429. The third-order valence-corrected chi connectivity index (χ3v) is 3.61. The van der Waals surface area contributed by atoms with E-state index in [2.05, 4.69) is 5.32 Å². The lowest BCUT2D eigenvalue weighted by atomic mass is 9.91. The molecule has 0 bridgehead atoms. The Hall–Kier alpha value is -2.08. The molecule has 0 radical (unpaired) electrons. The van der Waals surface area contributed by atoms with Gasteiger partial charge in [-0.2, -0.15) is 0 Å². The Labute approximate surface area is 117 Å². The maximum Gasteiger partial charge on any atom is 0.407 e. The van der Waals surface area contributed by atoms with Crippen LogP contribution in [0.15, 0.2) is 30.3 Å². The van der Waals surface area contributed by atoms with E-state index >= 15 is 0 Å². The SMILES string of the molecule is O=C(O)C1CCN(C(=O)O)CC1NCc1ccccc1. The number of hydrogen-bond donors (Lipinski definition) is 3. The van der Waals surface area contributed by atoms with Crippen LogP contribution in [0.2, 0.25) is 0 Å². The number of carboxylic acid groups (broad SMARTS) is 2. The number of nitrogens with zero attached hydrogens (tertiary/aromatic N) is 1. The number of benzene rings is 1. The third kappa shape index (κ3) is 3.48. The molecule has 6 nitrogen and oxygen atoms in total. The lowest BCUT2D eigenvalue weighted by Gasteiger charge is -2.35. The van der Waals surface area contributed by atoms with E-state index in [1.807, 2.05) is 30.3 Å². The average molecular weight is 278 g/mol. The highest BCUT2D eigenvalue weighted by Crippen LogP contribution is 2.19. The Bertz CT molecular complexity index is 477. The number of amides is 1. The second-order valence-electron chi connectivity index (χ2n) is 4.93. The van der Waals surface area contributed by atoms with Crippen molar-refractivity contribution in [3.05, 3.63) is 35.9 Å². The molecule has 0 spiro atoms. The topological polar surface area (TPSA) is 89.9 Å². The Kier molecular flexibility index (Phi) is 4.57. The van der Waals surface area contributed by atoms with E-state index in [1.54, 1.807) is 0 Å². The molecule has 20 heavy (non-hydrogen) atoms. The van der Waals surface area contributed by atoms with Crippen molar-refractivity contribution in [3.63, 3.8) is 0 Å². The molecule has 1 saturated heterocycles. The molecule has 1 fully saturated rings. The van der Waals surface area contributed by atoms with Gasteiger partial charge >= 0.3 is 12.1 Å². The van der Waals surface area contributed by atoms with Gasteiger partial charge in [0.25, 0.3) is 0 Å². The van der Waals surface area contributed by atoms with Crippen molar-refractivity contribution >= 4 is 12.1 Å². The average Bonchev–Trinajstić information content (AvgIpc) is 2.45. The van der Waals surface area contributed by atoms with Crippen LogP contribution in [0.4, 0.5) is 4.79 Å². The summed E-state index contributed by atoms with van der Waals surface area (Å²) in [6, 6.07) is 9.27. The zero-order valence-electron chi connectivity index (χ0n) is 11.0. The van der Waals surface area contributed by atoms with E-state index in [9.17, 15) is 14.7 Å². The highest BCUT2D eigenvalue weighted by Gasteiger charge is 2.35. The molecule has 1 aromatic carbocycles. The standard InChI is InChI=1S/C14H18N2O4/c17-13(18)11-6-7-16(14(19)20)9-12(11)15-8-10-4-2-1-3-5-10/h1-5,11-12,15H,6-9H2,(H,17,18)(H,19,20). The molecule has 2 atom stereocenters. The van der Waals surface area contributed by atoms with Gasteiger partial charge in [-0.25, -0.2) is 4.79 Å². The molecule has 1 aliphatic rings. The van der Waals surface area contributed by atoms with Gasteiger partial charge in [0.2, 0.25) is 0 Å². The maximum atomic E-state index is 11.2. The van der Waals surface area contributed by atoms with Crippen molar-refractivity contribution in [2.45, 2.75) is 19.0 Å². The zero-order chi connectivity index (χ0) is 14.5. The van der Waals surface area contributed by atoms with Gasteiger partial charge in [0.05, 0.1) is 5.92 Å². The third-order valence-electron chi connectivity index (χ3n) is 3.61. The zero-order valence-corrected chi connectivity index (χ0v) is 11.0. The fourth-order valence-electron chi connectivity index (χ4n) is 2.47. The lowest BCUT2D eigenvalue weighted by molar-refractivity contribution is -0.144. The molecule has 2 rings (SSSR count). The summed E-state index contributed by atoms with van der Waals surface area (Å²) >= 11 is 0. The number of likely N-dealkylation sites (tertiary alicyclic amines) is 1. The first kappa shape index (κ1) is 14.3. The van der Waals surface area contributed by atoms with Crippen molar-refractivity contribution in [1.82, 2.24) is 10.2 Å². The Morgan fingerprint density at radius 3 is 2.55 bits per heavy atom. The highest BCUT2D eigenvalue weighted by atomic mass is 16.4. The van der Waals surface area contributed by atoms with Crippen molar-refractivity contribution in [1.29, 1.82) is 0 Å². The molecule has 0 saturated carbocycles. The van der Waals surface area contributed by atoms with Crippen LogP contribution in [0, 0.1) is 5.92 Å². The molecule has 3 N–H and O–H groups in total. The minimum atomic E-state index is -1.000. The van der Waals surface area contributed by atoms with Gasteiger partial charge in [-0.3, -0.25) is 4.79 Å². The summed E-state index contributed by atoms with van der Waals surface area (Å²) in [5.74, 6) is -1.42. The summed E-state index contributed by atoms with van der Waals surface area (Å²) in [6.07, 6.45) is -0.658. The summed E-state index contributed by atoms with van der Waals surface area (Å²) in [4.78, 5) is 23.5. The first-order chi connectivity index (χ1) is 9.58. The summed E-state index contributed by atoms with van der Waals surface area (Å²) in [6.45, 7) is 1.01. The van der Waals surface area contributed by atoms with Crippen LogP contribution < -0.4 is 5.32 Å². The molecular formula is C14H18N2O4. The van der Waals surface area contributed by atoms with Gasteiger partial charge in [-0.1, -0.05) is 30.3 Å². The molecular weight excluding hydrogens is 260 g/mol. The second kappa shape index (κ2) is 6.38. The van der Waals surface area contributed by atoms with Crippen LogP contribution in [0.1, 0.15) is 12.0 Å². The highest BCUT2D eigenvalue weighted by molar-refractivity contribution is 5.72. The van der Waals surface area contributed by atoms with E-state index < -0.39 is 18.0 Å². The number of hydrogen-bond acceptors (Lipinski definition) is 3. The van der Waals surface area contributed by atoms with Gasteiger partial charge in [-0.05, 0) is 12.0 Å². The Morgan fingerprint density at radius 2 is 1.95 bits per heavy atom. The second-order valence-corrected chi connectivity index (χ2v) is 4.93. The summed E-state index contributed by atoms with van der Waals surface area (Å²) < 4.78 is 0. The van der Waals surface area contributed by atoms with E-state index in [0.29, 0.717) is 13.0 Å². The van der Waals surface area contributed by atoms with Crippen LogP contribution in [0.3, 0.4) is 0 Å². The quantitative estimate of drug-likeness (QED) is 0.770. The van der Waals surface area contributed by atoms with Crippen LogP contribution in [0.25, 0.3) is 0 Å². The molecule has 0 aromatic heterocycles. The van der Waals surface area contributed by atoms with Crippen LogP contribution in [-0.4, -0.2) is 46.3 Å². The summed E-state index contributed by atoms with van der Waals surface area (Å²) in [5, 5.41) is 21.4. The van der Waals surface area contributed by atoms with Gasteiger partial charge in [0.15, 0.2) is 0 Å². The van der Waals surface area contributed by atoms with Gasteiger partial charge in [0, 0.05) is 25.7 Å². The molecule has 1 amide bonds. The van der Waals surface area contributed by atoms with Crippen molar-refractivity contribution < 1.29 is 19.8 Å². The lowest BCUT2D eigenvalue weighted by Crippen LogP contribution is -2.54. The molecule has 108 valence electrons.